The summed E-state index contributed by atoms with van der Waals surface area (Å²) in [6, 6.07) is -5.54. The third kappa shape index (κ3) is 23.4. The van der Waals surface area contributed by atoms with Gasteiger partial charge in [-0.15, -0.1) is 10.2 Å². The van der Waals surface area contributed by atoms with Crippen LogP contribution in [0.1, 0.15) is 123 Å². The van der Waals surface area contributed by atoms with E-state index in [1.165, 1.54) is 24.3 Å². The lowest BCUT2D eigenvalue weighted by atomic mass is 10.0. The molecule has 0 spiro atoms. The van der Waals surface area contributed by atoms with Crippen molar-refractivity contribution in [3.63, 3.8) is 0 Å². The third-order valence-electron chi connectivity index (χ3n) is 16.7. The fourth-order valence-electron chi connectivity index (χ4n) is 11.4. The predicted molar refractivity (Wildman–Crippen MR) is 361 cm³/mol. The number of carbonyl (C=O) groups is 11. The van der Waals surface area contributed by atoms with Gasteiger partial charge in [-0.3, -0.25) is 52.7 Å². The normalized spacial score (nSPS) is 16.8. The van der Waals surface area contributed by atoms with Crippen molar-refractivity contribution in [3.8, 4) is 0 Å². The molecule has 2 saturated heterocycles. The number of rotatable bonds is 41. The van der Waals surface area contributed by atoms with Crippen LogP contribution in [0.2, 0.25) is 0 Å². The molecule has 2 aliphatic rings. The minimum atomic E-state index is -1.78. The molecule has 6 heterocycles. The zero-order valence-corrected chi connectivity index (χ0v) is 56.3. The minimum Gasteiger partial charge on any atom is -0.394 e. The average molecular weight is 1380 g/mol. The maximum Gasteiger partial charge on any atom is 0.245 e. The SMILES string of the molecule is CC(C)C[C@H](NC(=O)[C@@H](CCCNc1n[nH]c(N)n1)NC(=O)[C@H](CCCNc1n[nH]c(N)n1)NC(=O)[C@H](CO)NC(=O)[C@H](Cc1c[nH]c2ccccc12)NC(=O)[C@H](Cc1cnc[nH]1)NC(=O)[C@@H]1CCC(=O)N1)C(=O)N[C@@H](CCCCNC(C)C)C(=O)N1CCC[C@H]1C(=O)N[C@H](C)C(N)=O. The molecule has 0 radical (unpaired) electrons. The third-order valence-corrected chi connectivity index (χ3v) is 16.7. The molecule has 0 aliphatic carbocycles. The molecule has 37 nitrogen and oxygen atoms in total. The van der Waals surface area contributed by atoms with Crippen LogP contribution >= 0.6 is 0 Å². The number of anilines is 4. The Hall–Kier alpha value is -10.5. The van der Waals surface area contributed by atoms with E-state index in [0.717, 1.165) is 0 Å². The van der Waals surface area contributed by atoms with Crippen LogP contribution < -0.4 is 81.0 Å². The van der Waals surface area contributed by atoms with Crippen molar-refractivity contribution in [2.45, 2.75) is 191 Å². The maximum atomic E-state index is 15.0. The van der Waals surface area contributed by atoms with E-state index in [4.69, 9.17) is 17.2 Å². The van der Waals surface area contributed by atoms with Gasteiger partial charge >= 0.3 is 0 Å². The largest absolute Gasteiger partial charge is 0.394 e. The lowest BCUT2D eigenvalue weighted by Gasteiger charge is -2.31. The molecule has 11 amide bonds. The summed E-state index contributed by atoms with van der Waals surface area (Å²) in [7, 11) is 0. The second-order valence-corrected chi connectivity index (χ2v) is 25.4. The van der Waals surface area contributed by atoms with Gasteiger partial charge in [0.15, 0.2) is 0 Å². The Morgan fingerprint density at radius 2 is 1.20 bits per heavy atom. The number of primary amides is 1. The van der Waals surface area contributed by atoms with Crippen LogP contribution in [0.3, 0.4) is 0 Å². The van der Waals surface area contributed by atoms with Crippen LogP contribution in [0.15, 0.2) is 43.0 Å². The summed E-state index contributed by atoms with van der Waals surface area (Å²) in [5, 5.41) is 58.1. The summed E-state index contributed by atoms with van der Waals surface area (Å²) < 4.78 is 0. The molecule has 99 heavy (non-hydrogen) atoms. The number of benzene rings is 1. The minimum absolute atomic E-state index is 0.0188. The number of nitrogens with two attached hydrogens (primary N) is 3. The fraction of sp³-hybridized carbons (Fsp3) is 0.581. The molecular weight excluding hydrogens is 1290 g/mol. The van der Waals surface area contributed by atoms with Crippen molar-refractivity contribution in [2.24, 2.45) is 11.7 Å². The number of unbranched alkanes of at least 4 members (excludes halogenated alkanes) is 1. The van der Waals surface area contributed by atoms with Crippen LogP contribution in [0.5, 0.6) is 0 Å². The number of likely N-dealkylation sites (tertiary alicyclic amines) is 1. The van der Waals surface area contributed by atoms with E-state index in [-0.39, 0.29) is 126 Å². The Morgan fingerprint density at radius 1 is 0.636 bits per heavy atom. The van der Waals surface area contributed by atoms with Crippen LogP contribution in [-0.4, -0.2) is 220 Å². The van der Waals surface area contributed by atoms with E-state index in [0.29, 0.717) is 54.4 Å². The molecule has 2 fully saturated rings. The van der Waals surface area contributed by atoms with Gasteiger partial charge in [0.05, 0.1) is 12.9 Å². The number of aromatic nitrogens is 9. The standard InChI is InChI=1S/C62H95N25O12/c1-32(2)25-43(53(94)76-42(15-8-9-21-67-33(3)4)58(99)87-24-12-18-47(87)57(98)72-34(5)49(63)90)77-51(92)40(17-11-23-69-62-82-60(65)84-86-62)74-50(91)39(16-10-22-68-61-81-59(64)83-85-61)75-56(97)46(30-88)80-54(95)44(26-35-28-70-38-14-7-6-13-37(35)38)78-55(96)45(27-36-29-66-31-71-36)79-52(93)41-19-20-48(89)73-41/h6-7,13-14,28-29,31-34,39-47,67,70,88H,8-12,15-27,30H2,1-5H3,(H2,63,90)(H,66,71)(H,72,98)(H,73,89)(H,74,91)(H,75,97)(H,76,94)(H,77,92)(H,78,96)(H,79,93)(H,80,95)(H4,64,68,81,83,85)(H4,65,69,82,84,86)/t34-,39+,40-,41+,42+,43+,44+,45+,46+,47+/m1/s1. The molecule has 37 heteroatoms. The van der Waals surface area contributed by atoms with Gasteiger partial charge in [0, 0.05) is 73.9 Å². The van der Waals surface area contributed by atoms with Crippen molar-refractivity contribution < 1.29 is 57.8 Å². The van der Waals surface area contributed by atoms with Gasteiger partial charge in [0.1, 0.15) is 60.4 Å². The predicted octanol–water partition coefficient (Wildman–Crippen LogP) is -3.28. The summed E-state index contributed by atoms with van der Waals surface area (Å²) >= 11 is 0. The number of aliphatic hydroxyl groups excluding tert-OH is 1. The van der Waals surface area contributed by atoms with Gasteiger partial charge in [-0.2, -0.15) is 9.97 Å². The highest BCUT2D eigenvalue weighted by atomic mass is 16.3. The Morgan fingerprint density at radius 3 is 1.77 bits per heavy atom. The monoisotopic (exact) mass is 1380 g/mol. The molecule has 1 aromatic carbocycles. The Labute approximate surface area is 570 Å². The number of imidazole rings is 1. The topological polar surface area (TPSA) is 561 Å². The number of H-pyrrole nitrogens is 4. The molecule has 4 aromatic heterocycles. The quantitative estimate of drug-likeness (QED) is 0.0171. The lowest BCUT2D eigenvalue weighted by molar-refractivity contribution is -0.142. The molecule has 540 valence electrons. The van der Waals surface area contributed by atoms with Crippen molar-refractivity contribution in [1.29, 1.82) is 0 Å². The molecule has 23 N–H and O–H groups in total. The molecule has 2 aliphatic heterocycles. The van der Waals surface area contributed by atoms with Crippen molar-refractivity contribution >= 4 is 99.7 Å². The number of amides is 11. The highest BCUT2D eigenvalue weighted by molar-refractivity contribution is 6.00. The summed E-state index contributed by atoms with van der Waals surface area (Å²) in [5.41, 5.74) is 18.6. The van der Waals surface area contributed by atoms with E-state index in [9.17, 15) is 57.8 Å². The van der Waals surface area contributed by atoms with Crippen LogP contribution in [-0.2, 0) is 65.6 Å². The van der Waals surface area contributed by atoms with Gasteiger partial charge in [-0.25, -0.2) is 15.2 Å². The van der Waals surface area contributed by atoms with E-state index in [2.05, 4.69) is 109 Å². The van der Waals surface area contributed by atoms with Gasteiger partial charge < -0.3 is 101 Å². The zero-order valence-electron chi connectivity index (χ0n) is 56.3. The van der Waals surface area contributed by atoms with Crippen molar-refractivity contribution in [2.75, 3.05) is 54.9 Å². The number of nitrogens with zero attached hydrogens (tertiary/aromatic N) is 6. The number of carbonyl (C=O) groups excluding carboxylic acids is 11. The van der Waals surface area contributed by atoms with Gasteiger partial charge in [-0.1, -0.05) is 45.9 Å². The first-order chi connectivity index (χ1) is 47.3. The van der Waals surface area contributed by atoms with Gasteiger partial charge in [-0.05, 0) is 102 Å². The highest BCUT2D eigenvalue weighted by Gasteiger charge is 2.40. The van der Waals surface area contributed by atoms with Crippen molar-refractivity contribution in [1.82, 2.24) is 103 Å². The zero-order chi connectivity index (χ0) is 71.7. The van der Waals surface area contributed by atoms with E-state index in [1.807, 2.05) is 27.7 Å². The molecular formula is C62H95N25O12. The van der Waals surface area contributed by atoms with E-state index < -0.39 is 126 Å². The number of aromatic amines is 4. The number of para-hydroxylation sites is 1. The first kappa shape index (κ1) is 75.9. The average Bonchev–Trinajstić information content (AvgIpc) is 1.76. The second kappa shape index (κ2) is 37.3. The Kier molecular flexibility index (Phi) is 28.6. The summed E-state index contributed by atoms with van der Waals surface area (Å²) in [6.07, 6.45) is 6.54. The highest BCUT2D eigenvalue weighted by Crippen LogP contribution is 2.23. The van der Waals surface area contributed by atoms with Crippen LogP contribution in [0, 0.1) is 5.92 Å². The lowest BCUT2D eigenvalue weighted by Crippen LogP contribution is -2.61. The molecule has 0 bridgehead atoms. The second-order valence-electron chi connectivity index (χ2n) is 25.4. The summed E-state index contributed by atoms with van der Waals surface area (Å²) in [4.78, 5) is 173. The van der Waals surface area contributed by atoms with E-state index >= 15 is 0 Å². The molecule has 0 unspecified atom stereocenters. The maximum absolute atomic E-state index is 15.0. The first-order valence-electron chi connectivity index (χ1n) is 33.4. The van der Waals surface area contributed by atoms with Gasteiger partial charge in [0.2, 0.25) is 88.8 Å². The number of hydrogen-bond donors (Lipinski definition) is 20. The number of nitrogens with one attached hydrogen (secondary N) is 16. The molecule has 7 rings (SSSR count). The molecule has 10 atom stereocenters. The Bertz CT molecular complexity index is 3540. The van der Waals surface area contributed by atoms with E-state index in [1.54, 1.807) is 30.5 Å². The number of fused-ring (bicyclic) bond motifs is 1. The number of nitrogen functional groups attached to an aromatic ring is 2. The summed E-state index contributed by atoms with van der Waals surface area (Å²) in [5.74, 6) is -8.09. The first-order valence-corrected chi connectivity index (χ1v) is 33.4. The van der Waals surface area contributed by atoms with Crippen LogP contribution in [0.25, 0.3) is 10.9 Å². The van der Waals surface area contributed by atoms with Crippen molar-refractivity contribution in [3.05, 3.63) is 54.2 Å². The number of hydrogen-bond acceptors (Lipinski definition) is 22. The molecule has 0 saturated carbocycles. The Balaban J connectivity index is 1.13. The van der Waals surface area contributed by atoms with Gasteiger partial charge in [0.25, 0.3) is 0 Å². The number of aliphatic hydroxyl groups is 1. The summed E-state index contributed by atoms with van der Waals surface area (Å²) in [6.45, 7) is 9.08. The smallest absolute Gasteiger partial charge is 0.245 e. The molecule has 5 aromatic rings. The van der Waals surface area contributed by atoms with Crippen LogP contribution in [0.4, 0.5) is 23.8 Å². The fourth-order valence-corrected chi connectivity index (χ4v) is 11.4.